The van der Waals surface area contributed by atoms with Crippen LogP contribution in [0.25, 0.3) is 10.9 Å². The molecule has 0 aliphatic carbocycles. The molecular formula is C29H32N6O2. The smallest absolute Gasteiger partial charge is 0.253 e. The highest BCUT2D eigenvalue weighted by Gasteiger charge is 2.34. The van der Waals surface area contributed by atoms with Gasteiger partial charge in [-0.1, -0.05) is 42.0 Å². The van der Waals surface area contributed by atoms with Crippen LogP contribution < -0.4 is 5.56 Å². The monoisotopic (exact) mass is 496 g/mol. The van der Waals surface area contributed by atoms with Crippen molar-refractivity contribution in [3.63, 3.8) is 0 Å². The Kier molecular flexibility index (Phi) is 6.52. The highest BCUT2D eigenvalue weighted by atomic mass is 16.3. The molecule has 0 aliphatic rings. The van der Waals surface area contributed by atoms with Gasteiger partial charge in [-0.2, -0.15) is 0 Å². The second kappa shape index (κ2) is 9.78. The van der Waals surface area contributed by atoms with Crippen LogP contribution in [0, 0.1) is 13.8 Å². The zero-order chi connectivity index (χ0) is 26.2. The van der Waals surface area contributed by atoms with E-state index in [0.717, 1.165) is 33.4 Å². The van der Waals surface area contributed by atoms with Crippen molar-refractivity contribution in [2.45, 2.75) is 59.3 Å². The Morgan fingerprint density at radius 2 is 1.81 bits per heavy atom. The summed E-state index contributed by atoms with van der Waals surface area (Å²) in [5, 5.41) is 13.8. The predicted octanol–water partition coefficient (Wildman–Crippen LogP) is 5.27. The van der Waals surface area contributed by atoms with E-state index in [1.54, 1.807) is 6.26 Å². The first kappa shape index (κ1) is 24.6. The molecule has 5 aromatic rings. The van der Waals surface area contributed by atoms with E-state index < -0.39 is 11.6 Å². The van der Waals surface area contributed by atoms with E-state index in [1.165, 1.54) is 0 Å². The Labute approximate surface area is 215 Å². The van der Waals surface area contributed by atoms with Gasteiger partial charge in [-0.3, -0.25) is 9.69 Å². The van der Waals surface area contributed by atoms with E-state index in [0.29, 0.717) is 24.5 Å². The average Bonchev–Trinajstić information content (AvgIpc) is 3.53. The summed E-state index contributed by atoms with van der Waals surface area (Å²) in [5.41, 5.74) is 4.15. The maximum absolute atomic E-state index is 13.7. The summed E-state index contributed by atoms with van der Waals surface area (Å²) in [4.78, 5) is 19.1. The van der Waals surface area contributed by atoms with E-state index >= 15 is 0 Å². The van der Waals surface area contributed by atoms with Crippen molar-refractivity contribution in [3.05, 3.63) is 111 Å². The lowest BCUT2D eigenvalue weighted by Crippen LogP contribution is -2.37. The number of nitrogens with zero attached hydrogens (tertiary/aromatic N) is 5. The van der Waals surface area contributed by atoms with Crippen molar-refractivity contribution in [1.29, 1.82) is 0 Å². The summed E-state index contributed by atoms with van der Waals surface area (Å²) in [6.07, 6.45) is 1.67. The van der Waals surface area contributed by atoms with Gasteiger partial charge in [-0.15, -0.1) is 5.10 Å². The van der Waals surface area contributed by atoms with Gasteiger partial charge in [0, 0.05) is 12.1 Å². The number of rotatable bonds is 7. The van der Waals surface area contributed by atoms with Crippen LogP contribution in [0.3, 0.4) is 0 Å². The molecule has 0 fully saturated rings. The second-order valence-electron chi connectivity index (χ2n) is 10.6. The third kappa shape index (κ3) is 5.11. The zero-order valence-corrected chi connectivity index (χ0v) is 21.9. The van der Waals surface area contributed by atoms with Crippen LogP contribution in [-0.2, 0) is 18.6 Å². The van der Waals surface area contributed by atoms with Crippen molar-refractivity contribution in [2.24, 2.45) is 0 Å². The third-order valence-electron chi connectivity index (χ3n) is 6.52. The van der Waals surface area contributed by atoms with Crippen LogP contribution >= 0.6 is 0 Å². The van der Waals surface area contributed by atoms with Crippen LogP contribution in [0.5, 0.6) is 0 Å². The van der Waals surface area contributed by atoms with Gasteiger partial charge in [0.25, 0.3) is 5.56 Å². The maximum Gasteiger partial charge on any atom is 0.253 e. The maximum atomic E-state index is 13.7. The number of nitrogens with one attached hydrogen (secondary N) is 1. The lowest BCUT2D eigenvalue weighted by Gasteiger charge is -2.32. The van der Waals surface area contributed by atoms with Crippen LogP contribution in [-0.4, -0.2) is 30.1 Å². The molecule has 37 heavy (non-hydrogen) atoms. The Hall–Kier alpha value is -4.04. The van der Waals surface area contributed by atoms with Crippen molar-refractivity contribution in [2.75, 3.05) is 0 Å². The molecule has 0 spiro atoms. The SMILES string of the molecule is Cc1cc(C)c2[nH]c(=O)c([C@@H](c3nnnn3C(C)(C)C)N(Cc3ccccc3)Cc3ccco3)cc2c1. The van der Waals surface area contributed by atoms with E-state index in [1.807, 2.05) is 48.0 Å². The summed E-state index contributed by atoms with van der Waals surface area (Å²) in [6.45, 7) is 11.3. The van der Waals surface area contributed by atoms with Gasteiger partial charge in [0.15, 0.2) is 5.82 Å². The molecule has 8 nitrogen and oxygen atoms in total. The number of hydrogen-bond donors (Lipinski definition) is 1. The van der Waals surface area contributed by atoms with Gasteiger partial charge in [0.2, 0.25) is 0 Å². The number of hydrogen-bond acceptors (Lipinski definition) is 6. The van der Waals surface area contributed by atoms with Gasteiger partial charge in [0.05, 0.1) is 23.9 Å². The zero-order valence-electron chi connectivity index (χ0n) is 21.9. The first-order valence-electron chi connectivity index (χ1n) is 12.4. The first-order valence-corrected chi connectivity index (χ1v) is 12.4. The Morgan fingerprint density at radius 3 is 2.51 bits per heavy atom. The fraction of sp³-hybridized carbons (Fsp3) is 0.310. The molecule has 0 radical (unpaired) electrons. The van der Waals surface area contributed by atoms with Crippen molar-refractivity contribution in [3.8, 4) is 0 Å². The lowest BCUT2D eigenvalue weighted by atomic mass is 9.99. The highest BCUT2D eigenvalue weighted by molar-refractivity contribution is 5.83. The minimum Gasteiger partial charge on any atom is -0.468 e. The molecule has 1 N–H and O–H groups in total. The number of benzene rings is 2. The largest absolute Gasteiger partial charge is 0.468 e. The molecule has 0 saturated carbocycles. The number of aryl methyl sites for hydroxylation is 2. The average molecular weight is 497 g/mol. The van der Waals surface area contributed by atoms with Gasteiger partial charge in [0.1, 0.15) is 11.8 Å². The van der Waals surface area contributed by atoms with Gasteiger partial charge < -0.3 is 9.40 Å². The molecule has 1 atom stereocenters. The van der Waals surface area contributed by atoms with E-state index in [4.69, 9.17) is 4.42 Å². The Morgan fingerprint density at radius 1 is 1.03 bits per heavy atom. The molecule has 0 bridgehead atoms. The quantitative estimate of drug-likeness (QED) is 0.330. The minimum atomic E-state index is -0.534. The molecule has 0 unspecified atom stereocenters. The number of furan rings is 1. The number of H-pyrrole nitrogens is 1. The van der Waals surface area contributed by atoms with Crippen molar-refractivity contribution < 1.29 is 4.42 Å². The molecular weight excluding hydrogens is 464 g/mol. The normalized spacial score (nSPS) is 12.9. The molecule has 190 valence electrons. The summed E-state index contributed by atoms with van der Waals surface area (Å²) in [5.74, 6) is 1.39. The second-order valence-corrected chi connectivity index (χ2v) is 10.6. The van der Waals surface area contributed by atoms with E-state index in [9.17, 15) is 4.79 Å². The third-order valence-corrected chi connectivity index (χ3v) is 6.52. The molecule has 8 heteroatoms. The summed E-state index contributed by atoms with van der Waals surface area (Å²) >= 11 is 0. The summed E-state index contributed by atoms with van der Waals surface area (Å²) in [6, 6.07) is 19.6. The van der Waals surface area contributed by atoms with Crippen LogP contribution in [0.1, 0.15) is 60.7 Å². The fourth-order valence-corrected chi connectivity index (χ4v) is 4.91. The lowest BCUT2D eigenvalue weighted by molar-refractivity contribution is 0.171. The molecule has 5 rings (SSSR count). The number of tetrazole rings is 1. The topological polar surface area (TPSA) is 92.8 Å². The van der Waals surface area contributed by atoms with Crippen molar-refractivity contribution >= 4 is 10.9 Å². The standard InChI is InChI=1S/C29H32N6O2/c1-19-14-20(2)25-22(15-19)16-24(28(36)30-25)26(27-31-32-33-35(27)29(3,4)5)34(18-23-12-9-13-37-23)17-21-10-7-6-8-11-21/h6-16,26H,17-18H2,1-5H3,(H,30,36)/t26-/m0/s1. The number of fused-ring (bicyclic) bond motifs is 1. The van der Waals surface area contributed by atoms with E-state index in [-0.39, 0.29) is 5.56 Å². The number of aromatic amines is 1. The van der Waals surface area contributed by atoms with Crippen LogP contribution in [0.15, 0.2) is 76.1 Å². The number of aromatic nitrogens is 5. The molecule has 3 heterocycles. The van der Waals surface area contributed by atoms with Gasteiger partial charge in [-0.25, -0.2) is 4.68 Å². The van der Waals surface area contributed by atoms with Crippen molar-refractivity contribution in [1.82, 2.24) is 30.1 Å². The Bertz CT molecular complexity index is 1560. The highest BCUT2D eigenvalue weighted by Crippen LogP contribution is 2.32. The summed E-state index contributed by atoms with van der Waals surface area (Å²) < 4.78 is 7.56. The molecule has 3 aromatic heterocycles. The predicted molar refractivity (Wildman–Crippen MR) is 143 cm³/mol. The van der Waals surface area contributed by atoms with Crippen LogP contribution in [0.2, 0.25) is 0 Å². The summed E-state index contributed by atoms with van der Waals surface area (Å²) in [7, 11) is 0. The molecule has 2 aromatic carbocycles. The minimum absolute atomic E-state index is 0.162. The Balaban J connectivity index is 1.75. The molecule has 0 amide bonds. The van der Waals surface area contributed by atoms with Gasteiger partial charge >= 0.3 is 0 Å². The number of pyridine rings is 1. The van der Waals surface area contributed by atoms with E-state index in [2.05, 4.69) is 77.4 Å². The fourth-order valence-electron chi connectivity index (χ4n) is 4.91. The van der Waals surface area contributed by atoms with Crippen LogP contribution in [0.4, 0.5) is 0 Å². The molecule has 0 saturated heterocycles. The first-order chi connectivity index (χ1) is 17.7. The van der Waals surface area contributed by atoms with Gasteiger partial charge in [-0.05, 0) is 85.8 Å². The molecule has 0 aliphatic heterocycles.